The van der Waals surface area contributed by atoms with E-state index >= 15 is 0 Å². The molecule has 1 heterocycles. The van der Waals surface area contributed by atoms with Crippen molar-refractivity contribution in [2.45, 2.75) is 243 Å². The molecule has 0 amide bonds. The predicted molar refractivity (Wildman–Crippen MR) is 238 cm³/mol. The number of hydrogen-bond donors (Lipinski definition) is 4. The van der Waals surface area contributed by atoms with Crippen LogP contribution in [-0.4, -0.2) is 96.0 Å². The van der Waals surface area contributed by atoms with Crippen LogP contribution < -0.4 is 0 Å². The SMILES string of the molecule is CCCCC/C=C/C/C=C/CCCCCCCCCC(=O)OC[C@H](CO[C@H]1O[C@H](CS(=O)(=O)O)[C@@H](O)C(O)C1O)OC(=O)CCCCCCCCCCCCCCCCC. The van der Waals surface area contributed by atoms with Gasteiger partial charge in [0.1, 0.15) is 36.8 Å². The lowest BCUT2D eigenvalue weighted by molar-refractivity contribution is -0.297. The minimum Gasteiger partial charge on any atom is -0.462 e. The lowest BCUT2D eigenvalue weighted by Gasteiger charge is -2.40. The molecule has 0 radical (unpaired) electrons. The second-order valence-electron chi connectivity index (χ2n) is 16.8. The van der Waals surface area contributed by atoms with Gasteiger partial charge in [0.15, 0.2) is 12.4 Å². The molecule has 0 aromatic carbocycles. The van der Waals surface area contributed by atoms with Gasteiger partial charge in [-0.05, 0) is 44.9 Å². The molecular weight excluding hydrogens is 789 g/mol. The van der Waals surface area contributed by atoms with Gasteiger partial charge in [0.2, 0.25) is 0 Å². The van der Waals surface area contributed by atoms with Crippen LogP contribution in [0, 0.1) is 0 Å². The van der Waals surface area contributed by atoms with Crippen LogP contribution in [0.15, 0.2) is 24.3 Å². The fraction of sp³-hybridized carbons (Fsp3) is 0.872. The second-order valence-corrected chi connectivity index (χ2v) is 18.3. The Morgan fingerprint density at radius 1 is 0.567 bits per heavy atom. The monoisotopic (exact) mass is 875 g/mol. The minimum atomic E-state index is -4.60. The number of esters is 2. The molecular formula is C47H86O12S. The summed E-state index contributed by atoms with van der Waals surface area (Å²) in [6.45, 7) is 3.75. The van der Waals surface area contributed by atoms with Crippen LogP contribution in [-0.2, 0) is 38.7 Å². The van der Waals surface area contributed by atoms with E-state index < -0.39 is 71.2 Å². The lowest BCUT2D eigenvalue weighted by Crippen LogP contribution is -2.60. The van der Waals surface area contributed by atoms with Gasteiger partial charge in [-0.3, -0.25) is 14.1 Å². The third-order valence-electron chi connectivity index (χ3n) is 11.0. The van der Waals surface area contributed by atoms with Gasteiger partial charge in [-0.25, -0.2) is 0 Å². The molecule has 1 saturated heterocycles. The van der Waals surface area contributed by atoms with E-state index in [4.69, 9.17) is 18.9 Å². The number of ether oxygens (including phenoxy) is 4. The molecule has 2 unspecified atom stereocenters. The van der Waals surface area contributed by atoms with Crippen LogP contribution in [0.25, 0.3) is 0 Å². The molecule has 60 heavy (non-hydrogen) atoms. The fourth-order valence-electron chi connectivity index (χ4n) is 7.30. The van der Waals surface area contributed by atoms with Crippen molar-refractivity contribution < 1.29 is 56.8 Å². The van der Waals surface area contributed by atoms with Gasteiger partial charge in [0.25, 0.3) is 10.1 Å². The van der Waals surface area contributed by atoms with Gasteiger partial charge in [-0.15, -0.1) is 0 Å². The highest BCUT2D eigenvalue weighted by Crippen LogP contribution is 2.24. The Bertz CT molecular complexity index is 1210. The number of aliphatic hydroxyl groups excluding tert-OH is 3. The molecule has 6 atom stereocenters. The summed E-state index contributed by atoms with van der Waals surface area (Å²) in [5.74, 6) is -1.98. The molecule has 1 rings (SSSR count). The van der Waals surface area contributed by atoms with Gasteiger partial charge in [-0.2, -0.15) is 8.42 Å². The standard InChI is InChI=1S/C47H86O12S/c1-3-5-7-9-11-13-15-17-19-20-22-23-25-27-29-31-33-35-42(48)56-37-40(38-57-47-46(52)45(51)44(50)41(59-47)39-60(53,54)55)58-43(49)36-34-32-30-28-26-24-21-18-16-14-12-10-8-6-4-2/h11,13,17,19,40-41,44-47,50-52H,3-10,12,14-16,18,20-39H2,1-2H3,(H,53,54,55)/b13-11+,19-17+/t40-,41-,44-,45?,46?,47+/m1/s1. The van der Waals surface area contributed by atoms with Crippen molar-refractivity contribution in [1.29, 1.82) is 0 Å². The van der Waals surface area contributed by atoms with Crippen molar-refractivity contribution in [1.82, 2.24) is 0 Å². The normalized spacial score (nSPS) is 20.3. The highest BCUT2D eigenvalue weighted by atomic mass is 32.2. The highest BCUT2D eigenvalue weighted by Gasteiger charge is 2.46. The summed E-state index contributed by atoms with van der Waals surface area (Å²) in [7, 11) is -4.60. The molecule has 0 aromatic rings. The predicted octanol–water partition coefficient (Wildman–Crippen LogP) is 10.0. The van der Waals surface area contributed by atoms with E-state index in [1.54, 1.807) is 0 Å². The largest absolute Gasteiger partial charge is 0.462 e. The van der Waals surface area contributed by atoms with E-state index in [0.29, 0.717) is 12.8 Å². The fourth-order valence-corrected chi connectivity index (χ4v) is 7.99. The number of rotatable bonds is 40. The Labute approximate surface area is 364 Å². The molecule has 12 nitrogen and oxygen atoms in total. The van der Waals surface area contributed by atoms with E-state index in [1.165, 1.54) is 109 Å². The molecule has 1 fully saturated rings. The first-order chi connectivity index (χ1) is 29.0. The van der Waals surface area contributed by atoms with Crippen molar-refractivity contribution in [2.24, 2.45) is 0 Å². The molecule has 0 bridgehead atoms. The molecule has 1 aliphatic rings. The number of carbonyl (C=O) groups is 2. The maximum absolute atomic E-state index is 12.8. The molecule has 0 saturated carbocycles. The van der Waals surface area contributed by atoms with Crippen molar-refractivity contribution in [3.05, 3.63) is 24.3 Å². The third-order valence-corrected chi connectivity index (χ3v) is 11.8. The van der Waals surface area contributed by atoms with Gasteiger partial charge in [0, 0.05) is 12.8 Å². The molecule has 1 aliphatic heterocycles. The zero-order chi connectivity index (χ0) is 44.1. The lowest BCUT2D eigenvalue weighted by atomic mass is 10.00. The van der Waals surface area contributed by atoms with Crippen molar-refractivity contribution in [3.8, 4) is 0 Å². The van der Waals surface area contributed by atoms with E-state index in [-0.39, 0.29) is 19.4 Å². The van der Waals surface area contributed by atoms with Crippen molar-refractivity contribution >= 4 is 22.1 Å². The van der Waals surface area contributed by atoms with Crippen LogP contribution in [0.2, 0.25) is 0 Å². The first-order valence-electron chi connectivity index (χ1n) is 23.9. The first kappa shape index (κ1) is 56.1. The van der Waals surface area contributed by atoms with Gasteiger partial charge < -0.3 is 34.3 Å². The average molecular weight is 875 g/mol. The van der Waals surface area contributed by atoms with Crippen LogP contribution in [0.4, 0.5) is 0 Å². The van der Waals surface area contributed by atoms with E-state index in [0.717, 1.165) is 57.8 Å². The van der Waals surface area contributed by atoms with Crippen LogP contribution >= 0.6 is 0 Å². The molecule has 4 N–H and O–H groups in total. The molecule has 352 valence electrons. The summed E-state index contributed by atoms with van der Waals surface area (Å²) in [5, 5.41) is 30.9. The summed E-state index contributed by atoms with van der Waals surface area (Å²) in [6.07, 6.45) is 32.1. The minimum absolute atomic E-state index is 0.167. The van der Waals surface area contributed by atoms with E-state index in [9.17, 15) is 37.9 Å². The first-order valence-corrected chi connectivity index (χ1v) is 25.5. The molecule has 0 aliphatic carbocycles. The Morgan fingerprint density at radius 2 is 1.00 bits per heavy atom. The average Bonchev–Trinajstić information content (AvgIpc) is 3.21. The highest BCUT2D eigenvalue weighted by molar-refractivity contribution is 7.85. The summed E-state index contributed by atoms with van der Waals surface area (Å²) in [5.41, 5.74) is 0. The van der Waals surface area contributed by atoms with Gasteiger partial charge >= 0.3 is 11.9 Å². The molecule has 0 aromatic heterocycles. The van der Waals surface area contributed by atoms with Crippen molar-refractivity contribution in [3.63, 3.8) is 0 Å². The zero-order valence-electron chi connectivity index (χ0n) is 37.6. The Kier molecular flexibility index (Phi) is 35.2. The zero-order valence-corrected chi connectivity index (χ0v) is 38.4. The van der Waals surface area contributed by atoms with E-state index in [1.807, 2.05) is 0 Å². The van der Waals surface area contributed by atoms with Gasteiger partial charge in [0.05, 0.1) is 6.61 Å². The number of hydrogen-bond acceptors (Lipinski definition) is 11. The Hall–Kier alpha value is -1.87. The van der Waals surface area contributed by atoms with Gasteiger partial charge in [-0.1, -0.05) is 173 Å². The van der Waals surface area contributed by atoms with Crippen LogP contribution in [0.3, 0.4) is 0 Å². The quantitative estimate of drug-likeness (QED) is 0.0198. The second kappa shape index (κ2) is 37.7. The number of unbranched alkanes of at least 4 members (excludes halogenated alkanes) is 24. The number of allylic oxidation sites excluding steroid dienone is 4. The van der Waals surface area contributed by atoms with Crippen molar-refractivity contribution in [2.75, 3.05) is 19.0 Å². The smallest absolute Gasteiger partial charge is 0.306 e. The summed E-state index contributed by atoms with van der Waals surface area (Å²) in [4.78, 5) is 25.4. The maximum atomic E-state index is 12.8. The topological polar surface area (TPSA) is 186 Å². The van der Waals surface area contributed by atoms with Crippen LogP contribution in [0.1, 0.15) is 206 Å². The third kappa shape index (κ3) is 31.9. The number of carbonyl (C=O) groups excluding carboxylic acids is 2. The molecule has 0 spiro atoms. The van der Waals surface area contributed by atoms with E-state index in [2.05, 4.69) is 38.2 Å². The summed E-state index contributed by atoms with van der Waals surface area (Å²) in [6, 6.07) is 0. The van der Waals surface area contributed by atoms with Crippen LogP contribution in [0.5, 0.6) is 0 Å². The maximum Gasteiger partial charge on any atom is 0.306 e. The molecule has 13 heteroatoms. The Morgan fingerprint density at radius 3 is 1.50 bits per heavy atom. The number of aliphatic hydroxyl groups is 3. The summed E-state index contributed by atoms with van der Waals surface area (Å²) >= 11 is 0. The Balaban J connectivity index is 2.42. The summed E-state index contributed by atoms with van der Waals surface area (Å²) < 4.78 is 54.1.